The van der Waals surface area contributed by atoms with Gasteiger partial charge in [0, 0.05) is 5.56 Å². The molecule has 4 rings (SSSR count). The molecule has 1 aliphatic heterocycles. The van der Waals surface area contributed by atoms with Crippen LogP contribution in [-0.2, 0) is 6.61 Å². The van der Waals surface area contributed by atoms with Crippen molar-refractivity contribution in [3.05, 3.63) is 101 Å². The number of hydrogen-bond acceptors (Lipinski definition) is 3. The Morgan fingerprint density at radius 2 is 1.69 bits per heavy atom. The molecule has 130 valence electrons. The molecule has 3 aromatic carbocycles. The second kappa shape index (κ2) is 8.17. The largest absolute Gasteiger partial charge is 0.507 e. The molecular weight excluding hydrogens is 324 g/mol. The molecule has 3 nitrogen and oxygen atoms in total. The maximum Gasteiger partial charge on any atom is 0.185 e. The Hall–Kier alpha value is -3.33. The van der Waals surface area contributed by atoms with Crippen molar-refractivity contribution in [2.24, 2.45) is 0 Å². The van der Waals surface area contributed by atoms with E-state index in [0.717, 1.165) is 28.0 Å². The molecule has 1 aliphatic rings. The van der Waals surface area contributed by atoms with Gasteiger partial charge < -0.3 is 9.84 Å². The van der Waals surface area contributed by atoms with Gasteiger partial charge in [-0.05, 0) is 30.7 Å². The number of hydrogen-bond donors (Lipinski definition) is 1. The molecule has 3 aromatic rings. The number of fused-ring (bicyclic) bond motifs is 1. The summed E-state index contributed by atoms with van der Waals surface area (Å²) in [6, 6.07) is 22.7. The van der Waals surface area contributed by atoms with Gasteiger partial charge in [0.2, 0.25) is 0 Å². The molecule has 0 saturated heterocycles. The molecule has 0 atom stereocenters. The van der Waals surface area contributed by atoms with Crippen molar-refractivity contribution >= 4 is 11.9 Å². The lowest BCUT2D eigenvalue weighted by Crippen LogP contribution is -2.08. The predicted molar refractivity (Wildman–Crippen MR) is 103 cm³/mol. The number of phenolic OH excluding ortho intramolecular Hbond substituents is 1. The highest BCUT2D eigenvalue weighted by Gasteiger charge is 2.17. The first kappa shape index (κ1) is 17.5. The van der Waals surface area contributed by atoms with Crippen LogP contribution in [0.3, 0.4) is 0 Å². The lowest BCUT2D eigenvalue weighted by atomic mass is 10.1. The first-order valence-electron chi connectivity index (χ1n) is 8.41. The minimum atomic E-state index is 0.0360. The Kier molecular flexibility index (Phi) is 5.49. The third kappa shape index (κ3) is 4.39. The third-order valence-electron chi connectivity index (χ3n) is 4.04. The molecular formula is C23H20O3. The molecule has 0 amide bonds. The monoisotopic (exact) mass is 344 g/mol. The van der Waals surface area contributed by atoms with Gasteiger partial charge in [0.25, 0.3) is 0 Å². The molecule has 3 heteroatoms. The van der Waals surface area contributed by atoms with Crippen LogP contribution in [0.2, 0.25) is 0 Å². The Labute approximate surface area is 153 Å². The molecule has 0 unspecified atom stereocenters. The predicted octanol–water partition coefficient (Wildman–Crippen LogP) is 5.18. The van der Waals surface area contributed by atoms with E-state index in [0.29, 0.717) is 12.4 Å². The molecule has 0 fully saturated rings. The standard InChI is InChI=1S/C16H14O.C7H6O2/c1-13-7-10-15(11-8-13)16(17)12-9-14-5-3-2-4-6-14;8-6-2-1-3-7-5(6)4-9-7/h2-12H,1H3;1-3,8H,4H2. The summed E-state index contributed by atoms with van der Waals surface area (Å²) in [6.45, 7) is 2.57. The van der Waals surface area contributed by atoms with Crippen LogP contribution in [0.15, 0.2) is 78.9 Å². The van der Waals surface area contributed by atoms with Crippen molar-refractivity contribution in [1.29, 1.82) is 0 Å². The first-order valence-corrected chi connectivity index (χ1v) is 8.41. The van der Waals surface area contributed by atoms with Crippen LogP contribution < -0.4 is 4.74 Å². The minimum absolute atomic E-state index is 0.0360. The Balaban J connectivity index is 0.000000181. The van der Waals surface area contributed by atoms with Crippen LogP contribution in [0.25, 0.3) is 6.08 Å². The number of ketones is 1. The van der Waals surface area contributed by atoms with Crippen LogP contribution in [0, 0.1) is 6.92 Å². The number of aryl methyl sites for hydroxylation is 1. The fourth-order valence-electron chi connectivity index (χ4n) is 2.45. The van der Waals surface area contributed by atoms with Gasteiger partial charge in [-0.3, -0.25) is 4.79 Å². The van der Waals surface area contributed by atoms with Crippen molar-refractivity contribution < 1.29 is 14.6 Å². The summed E-state index contributed by atoms with van der Waals surface area (Å²) in [6.07, 6.45) is 3.45. The summed E-state index contributed by atoms with van der Waals surface area (Å²) in [5.41, 5.74) is 3.85. The topological polar surface area (TPSA) is 46.5 Å². The highest BCUT2D eigenvalue weighted by atomic mass is 16.5. The number of allylic oxidation sites excluding steroid dienone is 1. The average Bonchev–Trinajstić information content (AvgIpc) is 2.63. The van der Waals surface area contributed by atoms with Crippen molar-refractivity contribution in [3.63, 3.8) is 0 Å². The van der Waals surface area contributed by atoms with Gasteiger partial charge in [0.1, 0.15) is 18.1 Å². The summed E-state index contributed by atoms with van der Waals surface area (Å²) < 4.78 is 5.00. The number of benzene rings is 3. The maximum atomic E-state index is 11.8. The van der Waals surface area contributed by atoms with E-state index in [1.807, 2.05) is 73.7 Å². The number of phenols is 1. The van der Waals surface area contributed by atoms with Crippen molar-refractivity contribution in [2.75, 3.05) is 0 Å². The van der Waals surface area contributed by atoms with E-state index in [1.165, 1.54) is 0 Å². The number of aromatic hydroxyl groups is 1. The number of carbonyl (C=O) groups excluding carboxylic acids is 1. The fraction of sp³-hybridized carbons (Fsp3) is 0.0870. The summed E-state index contributed by atoms with van der Waals surface area (Å²) in [4.78, 5) is 11.8. The Morgan fingerprint density at radius 1 is 0.962 bits per heavy atom. The molecule has 0 aromatic heterocycles. The van der Waals surface area contributed by atoms with Gasteiger partial charge in [0.15, 0.2) is 5.78 Å². The smallest absolute Gasteiger partial charge is 0.185 e. The molecule has 0 bridgehead atoms. The van der Waals surface area contributed by atoms with E-state index in [1.54, 1.807) is 18.2 Å². The molecule has 1 N–H and O–H groups in total. The zero-order chi connectivity index (χ0) is 18.4. The van der Waals surface area contributed by atoms with E-state index in [2.05, 4.69) is 0 Å². The zero-order valence-corrected chi connectivity index (χ0v) is 14.6. The second-order valence-corrected chi connectivity index (χ2v) is 6.02. The Bertz CT molecular complexity index is 896. The van der Waals surface area contributed by atoms with E-state index < -0.39 is 0 Å². The zero-order valence-electron chi connectivity index (χ0n) is 14.6. The van der Waals surface area contributed by atoms with Crippen LogP contribution in [0.1, 0.15) is 27.0 Å². The fourth-order valence-corrected chi connectivity index (χ4v) is 2.45. The van der Waals surface area contributed by atoms with E-state index in [4.69, 9.17) is 9.84 Å². The molecule has 1 heterocycles. The molecule has 0 radical (unpaired) electrons. The van der Waals surface area contributed by atoms with Gasteiger partial charge in [-0.25, -0.2) is 0 Å². The van der Waals surface area contributed by atoms with Crippen LogP contribution >= 0.6 is 0 Å². The van der Waals surface area contributed by atoms with Crippen molar-refractivity contribution in [1.82, 2.24) is 0 Å². The Morgan fingerprint density at radius 3 is 2.27 bits per heavy atom. The van der Waals surface area contributed by atoms with Crippen molar-refractivity contribution in [3.8, 4) is 11.5 Å². The molecule has 0 saturated carbocycles. The van der Waals surface area contributed by atoms with Crippen LogP contribution in [-0.4, -0.2) is 10.9 Å². The van der Waals surface area contributed by atoms with Crippen LogP contribution in [0.5, 0.6) is 11.5 Å². The third-order valence-corrected chi connectivity index (χ3v) is 4.04. The summed E-state index contributed by atoms with van der Waals surface area (Å²) in [7, 11) is 0. The van der Waals surface area contributed by atoms with Crippen molar-refractivity contribution in [2.45, 2.75) is 13.5 Å². The number of ether oxygens (including phenoxy) is 1. The minimum Gasteiger partial charge on any atom is -0.507 e. The normalized spacial score (nSPS) is 11.6. The van der Waals surface area contributed by atoms with Gasteiger partial charge in [-0.15, -0.1) is 0 Å². The molecule has 0 aliphatic carbocycles. The van der Waals surface area contributed by atoms with E-state index >= 15 is 0 Å². The average molecular weight is 344 g/mol. The molecule has 0 spiro atoms. The number of rotatable bonds is 3. The summed E-state index contributed by atoms with van der Waals surface area (Å²) >= 11 is 0. The van der Waals surface area contributed by atoms with Gasteiger partial charge >= 0.3 is 0 Å². The summed E-state index contributed by atoms with van der Waals surface area (Å²) in [5, 5.41) is 9.07. The van der Waals surface area contributed by atoms with Gasteiger partial charge in [-0.2, -0.15) is 0 Å². The lowest BCUT2D eigenvalue weighted by Gasteiger charge is -2.20. The summed E-state index contributed by atoms with van der Waals surface area (Å²) in [5.74, 6) is 1.20. The SMILES string of the molecule is Cc1ccc(C(=O)C=Cc2ccccc2)cc1.Oc1cccc2c1CO2. The van der Waals surface area contributed by atoms with Gasteiger partial charge in [-0.1, -0.05) is 72.3 Å². The highest BCUT2D eigenvalue weighted by molar-refractivity contribution is 6.06. The van der Waals surface area contributed by atoms with E-state index in [9.17, 15) is 4.79 Å². The van der Waals surface area contributed by atoms with Gasteiger partial charge in [0.05, 0.1) is 5.56 Å². The second-order valence-electron chi connectivity index (χ2n) is 6.02. The quantitative estimate of drug-likeness (QED) is 0.526. The van der Waals surface area contributed by atoms with E-state index in [-0.39, 0.29) is 5.78 Å². The molecule has 26 heavy (non-hydrogen) atoms. The number of carbonyl (C=O) groups is 1. The highest BCUT2D eigenvalue weighted by Crippen LogP contribution is 2.35. The lowest BCUT2D eigenvalue weighted by molar-refractivity contribution is 0.104. The maximum absolute atomic E-state index is 11.8. The van der Waals surface area contributed by atoms with Crippen LogP contribution in [0.4, 0.5) is 0 Å². The first-order chi connectivity index (χ1) is 12.6.